The Morgan fingerprint density at radius 3 is 1.64 bits per heavy atom. The monoisotopic (exact) mass is 926 g/mol. The summed E-state index contributed by atoms with van der Waals surface area (Å²) in [5.41, 5.74) is 6.21. The molecule has 4 aliphatic heterocycles. The standard InChI is InChI=1S/C24H27N7O2.C15H21N5O2.C9H7ClN2/c1-15-12-30(13-17-10-25-19-4-2-3-5-20(19)27-17)14-18(15)22-28-24(32)21-11-26-23(31(21)29-22)16-6-8-33-9-7-16;1-9-6-16-7-11(9)13-18-15(21)12-8-17-14(20(12)19-13)10-2-4-22-5-3-10;10-5-7-6-11-8-3-1-2-4-9(8)12-7/h2-5,10-11,15-16,18H,6-9,12-14H2,1H3,(H,28,29,32);8-11,16H,2-7H2,1H3,(H,18,19,21);1-4,6H,5H2. The highest BCUT2D eigenvalue weighted by Gasteiger charge is 2.34. The van der Waals surface area contributed by atoms with Crippen LogP contribution in [0.15, 0.2) is 82.9 Å². The first-order valence-electron chi connectivity index (χ1n) is 23.3. The van der Waals surface area contributed by atoms with Crippen molar-refractivity contribution in [1.82, 2.24) is 69.3 Å². The van der Waals surface area contributed by atoms with Gasteiger partial charge in [0.15, 0.2) is 11.0 Å². The maximum atomic E-state index is 12.8. The van der Waals surface area contributed by atoms with Gasteiger partial charge in [-0.25, -0.2) is 29.0 Å². The van der Waals surface area contributed by atoms with E-state index in [-0.39, 0.29) is 28.9 Å². The largest absolute Gasteiger partial charge is 0.381 e. The van der Waals surface area contributed by atoms with E-state index in [2.05, 4.69) is 59.0 Å². The maximum absolute atomic E-state index is 12.8. The zero-order valence-electron chi connectivity index (χ0n) is 37.7. The number of alkyl halides is 1. The van der Waals surface area contributed by atoms with Crippen LogP contribution in [0.1, 0.15) is 97.9 Å². The average molecular weight is 928 g/mol. The fourth-order valence-electron chi connectivity index (χ4n) is 9.76. The molecule has 6 aromatic heterocycles. The second-order valence-corrected chi connectivity index (χ2v) is 18.4. The van der Waals surface area contributed by atoms with Gasteiger partial charge in [-0.05, 0) is 68.3 Å². The molecular weight excluding hydrogens is 872 g/mol. The minimum atomic E-state index is -0.128. The summed E-state index contributed by atoms with van der Waals surface area (Å²) in [6.07, 6.45) is 10.5. The van der Waals surface area contributed by atoms with Gasteiger partial charge in [0, 0.05) is 76.3 Å². The van der Waals surface area contributed by atoms with Gasteiger partial charge in [0.05, 0.1) is 64.1 Å². The molecule has 3 N–H and O–H groups in total. The summed E-state index contributed by atoms with van der Waals surface area (Å²) in [5.74, 6) is 5.48. The third-order valence-electron chi connectivity index (χ3n) is 13.5. The average Bonchev–Trinajstić information content (AvgIpc) is 4.19. The highest BCUT2D eigenvalue weighted by atomic mass is 35.5. The van der Waals surface area contributed by atoms with E-state index in [1.807, 2.05) is 54.7 Å². The number of rotatable bonds is 7. The predicted molar refractivity (Wildman–Crippen MR) is 253 cm³/mol. The van der Waals surface area contributed by atoms with E-state index in [1.54, 1.807) is 27.6 Å². The van der Waals surface area contributed by atoms with Gasteiger partial charge in [0.2, 0.25) is 0 Å². The summed E-state index contributed by atoms with van der Waals surface area (Å²) < 4.78 is 14.4. The van der Waals surface area contributed by atoms with Crippen molar-refractivity contribution in [2.75, 3.05) is 52.6 Å². The quantitative estimate of drug-likeness (QED) is 0.169. The topological polar surface area (TPSA) is 211 Å². The summed E-state index contributed by atoms with van der Waals surface area (Å²) in [5, 5.41) is 13.0. The number of benzene rings is 2. The summed E-state index contributed by atoms with van der Waals surface area (Å²) in [6, 6.07) is 15.7. The second kappa shape index (κ2) is 20.0. The van der Waals surface area contributed by atoms with E-state index in [4.69, 9.17) is 36.3 Å². The van der Waals surface area contributed by atoms with Crippen molar-refractivity contribution in [2.24, 2.45) is 11.8 Å². The number of halogens is 1. The highest BCUT2D eigenvalue weighted by Crippen LogP contribution is 2.32. The van der Waals surface area contributed by atoms with Crippen LogP contribution in [0, 0.1) is 11.8 Å². The van der Waals surface area contributed by atoms with E-state index < -0.39 is 0 Å². The minimum absolute atomic E-state index is 0.102. The number of nitrogens with zero attached hydrogens (tertiary/aromatic N) is 11. The zero-order chi connectivity index (χ0) is 45.9. The molecule has 4 unspecified atom stereocenters. The number of hydrogen-bond donors (Lipinski definition) is 3. The van der Waals surface area contributed by atoms with Crippen LogP contribution < -0.4 is 16.4 Å². The van der Waals surface area contributed by atoms with Gasteiger partial charge in [-0.2, -0.15) is 10.2 Å². The van der Waals surface area contributed by atoms with Crippen LogP contribution in [0.3, 0.4) is 0 Å². The zero-order valence-corrected chi connectivity index (χ0v) is 38.5. The molecule has 4 aliphatic rings. The van der Waals surface area contributed by atoms with Crippen molar-refractivity contribution in [3.63, 3.8) is 0 Å². The lowest BCUT2D eigenvalue weighted by Gasteiger charge is -2.21. The number of para-hydroxylation sites is 4. The van der Waals surface area contributed by atoms with Gasteiger partial charge in [0.1, 0.15) is 23.3 Å². The number of hydrogen-bond acceptors (Lipinski definition) is 14. The molecule has 2 aromatic carbocycles. The van der Waals surface area contributed by atoms with Gasteiger partial charge in [-0.15, -0.1) is 11.6 Å². The number of aromatic amines is 2. The van der Waals surface area contributed by atoms with Crippen molar-refractivity contribution in [2.45, 2.75) is 75.6 Å². The number of ether oxygens (including phenoxy) is 2. The molecule has 19 heteroatoms. The molecule has 0 radical (unpaired) electrons. The molecule has 348 valence electrons. The third-order valence-corrected chi connectivity index (χ3v) is 13.8. The molecule has 18 nitrogen and oxygen atoms in total. The number of aromatic nitrogens is 12. The van der Waals surface area contributed by atoms with Crippen molar-refractivity contribution in [3.8, 4) is 0 Å². The van der Waals surface area contributed by atoms with Gasteiger partial charge in [-0.1, -0.05) is 38.1 Å². The summed E-state index contributed by atoms with van der Waals surface area (Å²) in [4.78, 5) is 60.4. The molecular formula is C48H55ClN14O4. The Morgan fingerprint density at radius 2 is 1.12 bits per heavy atom. The predicted octanol–water partition coefficient (Wildman–Crippen LogP) is 5.49. The van der Waals surface area contributed by atoms with Crippen LogP contribution in [-0.4, -0.2) is 117 Å². The minimum Gasteiger partial charge on any atom is -0.381 e. The van der Waals surface area contributed by atoms with Crippen LogP contribution in [0.25, 0.3) is 33.1 Å². The summed E-state index contributed by atoms with van der Waals surface area (Å²) >= 11 is 5.62. The Kier molecular flexibility index (Phi) is 13.4. The molecule has 12 rings (SSSR count). The van der Waals surface area contributed by atoms with E-state index >= 15 is 0 Å². The fourth-order valence-corrected chi connectivity index (χ4v) is 9.89. The molecule has 67 heavy (non-hydrogen) atoms. The molecule has 4 saturated heterocycles. The van der Waals surface area contributed by atoms with Gasteiger partial charge in [0.25, 0.3) is 11.1 Å². The third kappa shape index (κ3) is 9.72. The van der Waals surface area contributed by atoms with Crippen LogP contribution in [-0.2, 0) is 21.9 Å². The van der Waals surface area contributed by atoms with E-state index in [9.17, 15) is 9.59 Å². The second-order valence-electron chi connectivity index (χ2n) is 18.1. The van der Waals surface area contributed by atoms with E-state index in [1.165, 1.54) is 0 Å². The maximum Gasteiger partial charge on any atom is 0.276 e. The van der Waals surface area contributed by atoms with Crippen LogP contribution >= 0.6 is 11.6 Å². The highest BCUT2D eigenvalue weighted by molar-refractivity contribution is 6.16. The first-order valence-corrected chi connectivity index (χ1v) is 23.8. The molecule has 4 fully saturated rings. The van der Waals surface area contributed by atoms with Gasteiger partial charge < -0.3 is 24.8 Å². The van der Waals surface area contributed by atoms with Gasteiger partial charge >= 0.3 is 0 Å². The molecule has 10 heterocycles. The first-order chi connectivity index (χ1) is 32.8. The molecule has 8 aromatic rings. The van der Waals surface area contributed by atoms with Crippen LogP contribution in [0.5, 0.6) is 0 Å². The Balaban J connectivity index is 0.000000132. The van der Waals surface area contributed by atoms with E-state index in [0.717, 1.165) is 142 Å². The lowest BCUT2D eigenvalue weighted by atomic mass is 9.97. The first kappa shape index (κ1) is 44.8. The molecule has 0 aliphatic carbocycles. The smallest absolute Gasteiger partial charge is 0.276 e. The Hall–Kier alpha value is -6.05. The normalized spacial score (nSPS) is 21.7. The molecule has 0 bridgehead atoms. The fraction of sp³-hybridized carbons (Fsp3) is 0.458. The molecule has 4 atom stereocenters. The van der Waals surface area contributed by atoms with Crippen LogP contribution in [0.4, 0.5) is 0 Å². The van der Waals surface area contributed by atoms with Crippen molar-refractivity contribution < 1.29 is 9.47 Å². The van der Waals surface area contributed by atoms with Crippen LogP contribution in [0.2, 0.25) is 0 Å². The SMILES string of the molecule is CC1CN(Cc2cnc3ccccc3n2)CC1c1nn2c(C3CCOCC3)ncc2c(=O)[nH]1.CC1CNCC1c1nn2c(C3CCOCC3)ncc2c(=O)[nH]1.ClCc1cnc2ccccc2n1. The van der Waals surface area contributed by atoms with Crippen molar-refractivity contribution >= 4 is 44.7 Å². The number of fused-ring (bicyclic) bond motifs is 4. The van der Waals surface area contributed by atoms with Crippen molar-refractivity contribution in [1.29, 1.82) is 0 Å². The number of nitrogens with one attached hydrogen (secondary N) is 3. The van der Waals surface area contributed by atoms with E-state index in [0.29, 0.717) is 34.7 Å². The number of imidazole rings is 2. The molecule has 0 saturated carbocycles. The van der Waals surface area contributed by atoms with Crippen molar-refractivity contribution in [3.05, 3.63) is 129 Å². The molecule has 0 amide bonds. The Labute approximate surface area is 391 Å². The lowest BCUT2D eigenvalue weighted by molar-refractivity contribution is 0.0831. The Morgan fingerprint density at radius 1 is 0.612 bits per heavy atom. The number of likely N-dealkylation sites (tertiary alicyclic amines) is 1. The van der Waals surface area contributed by atoms with Gasteiger partial charge in [-0.3, -0.25) is 24.5 Å². The Bertz CT molecular complexity index is 3110. The lowest BCUT2D eigenvalue weighted by Crippen LogP contribution is -2.24. The summed E-state index contributed by atoms with van der Waals surface area (Å²) in [7, 11) is 0. The molecule has 0 spiro atoms. The summed E-state index contributed by atoms with van der Waals surface area (Å²) in [6.45, 7) is 11.6. The number of H-pyrrole nitrogens is 2.